The molecule has 0 saturated carbocycles. The van der Waals surface area contributed by atoms with Crippen LogP contribution >= 0.6 is 0 Å². The number of halogens is 1. The van der Waals surface area contributed by atoms with Gasteiger partial charge in [-0.25, -0.2) is 4.39 Å². The minimum Gasteiger partial charge on any atom is -0.454 e. The molecule has 2 aromatic carbocycles. The fraction of sp³-hybridized carbons (Fsp3) is 0.381. The largest absolute Gasteiger partial charge is 0.454 e. The molecule has 144 valence electrons. The number of hydrogen-bond acceptors (Lipinski definition) is 4. The van der Waals surface area contributed by atoms with E-state index in [0.29, 0.717) is 13.0 Å². The van der Waals surface area contributed by atoms with E-state index in [9.17, 15) is 9.18 Å². The molecule has 0 aliphatic carbocycles. The number of carbonyl (C=O) groups is 1. The fourth-order valence-corrected chi connectivity index (χ4v) is 3.31. The van der Waals surface area contributed by atoms with Crippen molar-refractivity contribution in [2.75, 3.05) is 27.4 Å². The Kier molecular flexibility index (Phi) is 5.96. The van der Waals surface area contributed by atoms with E-state index in [4.69, 9.17) is 9.47 Å². The summed E-state index contributed by atoms with van der Waals surface area (Å²) < 4.78 is 24.0. The van der Waals surface area contributed by atoms with Crippen molar-refractivity contribution in [3.05, 3.63) is 59.4 Å². The lowest BCUT2D eigenvalue weighted by Crippen LogP contribution is -2.37. The van der Waals surface area contributed by atoms with Gasteiger partial charge in [-0.05, 0) is 55.9 Å². The fourth-order valence-electron chi connectivity index (χ4n) is 3.31. The Bertz CT molecular complexity index is 793. The molecule has 0 saturated heterocycles. The van der Waals surface area contributed by atoms with Crippen LogP contribution in [0, 0.1) is 5.82 Å². The van der Waals surface area contributed by atoms with E-state index in [1.165, 1.54) is 12.1 Å². The first-order valence-corrected chi connectivity index (χ1v) is 9.08. The summed E-state index contributed by atoms with van der Waals surface area (Å²) in [5.74, 6) is 0.803. The SMILES string of the molecule is CCC(C(=O)NCC(c1ccc2c(c1)OCO2)N(C)C)c1ccc(F)cc1. The first-order chi connectivity index (χ1) is 13.0. The topological polar surface area (TPSA) is 50.8 Å². The molecule has 3 rings (SSSR count). The molecule has 2 atom stereocenters. The summed E-state index contributed by atoms with van der Waals surface area (Å²) in [5.41, 5.74) is 1.86. The van der Waals surface area contributed by atoms with E-state index in [1.807, 2.05) is 39.2 Å². The lowest BCUT2D eigenvalue weighted by molar-refractivity contribution is -0.122. The van der Waals surface area contributed by atoms with Gasteiger partial charge in [0.05, 0.1) is 12.0 Å². The number of hydrogen-bond donors (Lipinski definition) is 1. The van der Waals surface area contributed by atoms with Gasteiger partial charge in [0, 0.05) is 6.54 Å². The van der Waals surface area contributed by atoms with Gasteiger partial charge in [0.1, 0.15) is 5.82 Å². The zero-order valence-corrected chi connectivity index (χ0v) is 15.9. The summed E-state index contributed by atoms with van der Waals surface area (Å²) in [6.45, 7) is 2.65. The van der Waals surface area contributed by atoms with Crippen LogP contribution in [0.3, 0.4) is 0 Å². The van der Waals surface area contributed by atoms with Crippen LogP contribution in [0.2, 0.25) is 0 Å². The average molecular weight is 372 g/mol. The molecule has 0 radical (unpaired) electrons. The van der Waals surface area contributed by atoms with Crippen LogP contribution < -0.4 is 14.8 Å². The monoisotopic (exact) mass is 372 g/mol. The standard InChI is InChI=1S/C21H25FN2O3/c1-4-17(14-5-8-16(22)9-6-14)21(25)23-12-18(24(2)3)15-7-10-19-20(11-15)27-13-26-19/h5-11,17-18H,4,12-13H2,1-3H3,(H,23,25). The van der Waals surface area contributed by atoms with Gasteiger partial charge < -0.3 is 19.7 Å². The molecule has 0 aromatic heterocycles. The van der Waals surface area contributed by atoms with Gasteiger partial charge in [-0.2, -0.15) is 0 Å². The Morgan fingerprint density at radius 2 is 1.78 bits per heavy atom. The Labute approximate surface area is 159 Å². The number of ether oxygens (including phenoxy) is 2. The highest BCUT2D eigenvalue weighted by molar-refractivity contribution is 5.83. The van der Waals surface area contributed by atoms with E-state index in [0.717, 1.165) is 22.6 Å². The predicted octanol–water partition coefficient (Wildman–Crippen LogP) is 3.47. The van der Waals surface area contributed by atoms with Gasteiger partial charge in [-0.1, -0.05) is 25.1 Å². The molecular formula is C21H25FN2O3. The smallest absolute Gasteiger partial charge is 0.231 e. The van der Waals surface area contributed by atoms with Gasteiger partial charge >= 0.3 is 0 Å². The van der Waals surface area contributed by atoms with Crippen LogP contribution in [0.4, 0.5) is 4.39 Å². The Balaban J connectivity index is 1.70. The van der Waals surface area contributed by atoms with Crippen molar-refractivity contribution >= 4 is 5.91 Å². The van der Waals surface area contributed by atoms with Crippen molar-refractivity contribution in [1.82, 2.24) is 10.2 Å². The van der Waals surface area contributed by atoms with Crippen molar-refractivity contribution in [1.29, 1.82) is 0 Å². The molecular weight excluding hydrogens is 347 g/mol. The van der Waals surface area contributed by atoms with Crippen LogP contribution in [0.15, 0.2) is 42.5 Å². The summed E-state index contributed by atoms with van der Waals surface area (Å²) in [7, 11) is 3.94. The number of nitrogens with zero attached hydrogens (tertiary/aromatic N) is 1. The molecule has 1 heterocycles. The van der Waals surface area contributed by atoms with Gasteiger partial charge in [0.15, 0.2) is 11.5 Å². The zero-order valence-electron chi connectivity index (χ0n) is 15.9. The van der Waals surface area contributed by atoms with Gasteiger partial charge in [0.2, 0.25) is 12.7 Å². The number of likely N-dealkylation sites (N-methyl/N-ethyl adjacent to an activating group) is 1. The minimum absolute atomic E-state index is 0.00539. The highest BCUT2D eigenvalue weighted by Gasteiger charge is 2.23. The summed E-state index contributed by atoms with van der Waals surface area (Å²) in [4.78, 5) is 14.8. The van der Waals surface area contributed by atoms with E-state index >= 15 is 0 Å². The molecule has 2 aromatic rings. The number of carbonyl (C=O) groups excluding carboxylic acids is 1. The lowest BCUT2D eigenvalue weighted by Gasteiger charge is -2.26. The van der Waals surface area contributed by atoms with Crippen LogP contribution in [-0.4, -0.2) is 38.2 Å². The molecule has 0 bridgehead atoms. The maximum atomic E-state index is 13.2. The third-order valence-electron chi connectivity index (χ3n) is 4.87. The van der Waals surface area contributed by atoms with Crippen molar-refractivity contribution < 1.29 is 18.7 Å². The molecule has 27 heavy (non-hydrogen) atoms. The number of fused-ring (bicyclic) bond motifs is 1. The quantitative estimate of drug-likeness (QED) is 0.809. The van der Waals surface area contributed by atoms with Crippen molar-refractivity contribution in [2.24, 2.45) is 0 Å². The maximum absolute atomic E-state index is 13.2. The predicted molar refractivity (Wildman–Crippen MR) is 101 cm³/mol. The lowest BCUT2D eigenvalue weighted by atomic mass is 9.95. The number of rotatable bonds is 7. The second kappa shape index (κ2) is 8.39. The molecule has 2 unspecified atom stereocenters. The molecule has 1 aliphatic heterocycles. The molecule has 1 amide bonds. The average Bonchev–Trinajstić information content (AvgIpc) is 3.11. The summed E-state index contributed by atoms with van der Waals surface area (Å²) >= 11 is 0. The van der Waals surface area contributed by atoms with Gasteiger partial charge in [-0.15, -0.1) is 0 Å². The van der Waals surface area contributed by atoms with Crippen molar-refractivity contribution in [3.63, 3.8) is 0 Å². The van der Waals surface area contributed by atoms with E-state index in [1.54, 1.807) is 12.1 Å². The molecule has 1 aliphatic rings. The normalized spacial score (nSPS) is 14.9. The molecule has 1 N–H and O–H groups in total. The molecule has 0 spiro atoms. The third-order valence-corrected chi connectivity index (χ3v) is 4.87. The van der Waals surface area contributed by atoms with Gasteiger partial charge in [-0.3, -0.25) is 4.79 Å². The highest BCUT2D eigenvalue weighted by atomic mass is 19.1. The third kappa shape index (κ3) is 4.39. The number of benzene rings is 2. The Morgan fingerprint density at radius 1 is 1.11 bits per heavy atom. The van der Waals surface area contributed by atoms with E-state index < -0.39 is 0 Å². The second-order valence-corrected chi connectivity index (χ2v) is 6.85. The molecule has 0 fully saturated rings. The van der Waals surface area contributed by atoms with Crippen molar-refractivity contribution in [3.8, 4) is 11.5 Å². The summed E-state index contributed by atoms with van der Waals surface area (Å²) in [5, 5.41) is 3.05. The minimum atomic E-state index is -0.301. The van der Waals surface area contributed by atoms with E-state index in [-0.39, 0.29) is 30.5 Å². The zero-order chi connectivity index (χ0) is 19.4. The highest BCUT2D eigenvalue weighted by Crippen LogP contribution is 2.35. The second-order valence-electron chi connectivity index (χ2n) is 6.85. The van der Waals surface area contributed by atoms with Crippen LogP contribution in [-0.2, 0) is 4.79 Å². The number of amides is 1. The van der Waals surface area contributed by atoms with Crippen LogP contribution in [0.25, 0.3) is 0 Å². The maximum Gasteiger partial charge on any atom is 0.231 e. The Morgan fingerprint density at radius 3 is 2.44 bits per heavy atom. The Hall–Kier alpha value is -2.60. The van der Waals surface area contributed by atoms with E-state index in [2.05, 4.69) is 10.2 Å². The summed E-state index contributed by atoms with van der Waals surface area (Å²) in [6, 6.07) is 12.0. The molecule has 5 nitrogen and oxygen atoms in total. The van der Waals surface area contributed by atoms with Crippen LogP contribution in [0.5, 0.6) is 11.5 Å². The molecule has 6 heteroatoms. The first kappa shape index (κ1) is 19.2. The number of nitrogens with one attached hydrogen (secondary N) is 1. The van der Waals surface area contributed by atoms with Crippen LogP contribution in [0.1, 0.15) is 36.4 Å². The summed E-state index contributed by atoms with van der Waals surface area (Å²) in [6.07, 6.45) is 0.647. The van der Waals surface area contributed by atoms with Crippen molar-refractivity contribution in [2.45, 2.75) is 25.3 Å². The first-order valence-electron chi connectivity index (χ1n) is 9.08. The van der Waals surface area contributed by atoms with Gasteiger partial charge in [0.25, 0.3) is 0 Å².